The Hall–Kier alpha value is -2.21. The van der Waals surface area contributed by atoms with Crippen molar-refractivity contribution in [2.75, 3.05) is 18.6 Å². The predicted molar refractivity (Wildman–Crippen MR) is 77.0 cm³/mol. The van der Waals surface area contributed by atoms with Crippen molar-refractivity contribution in [1.82, 2.24) is 9.97 Å². The van der Waals surface area contributed by atoms with Crippen LogP contribution in [0, 0.1) is 5.92 Å². The highest BCUT2D eigenvalue weighted by Gasteiger charge is 2.37. The minimum atomic E-state index is -0.477. The van der Waals surface area contributed by atoms with Crippen molar-refractivity contribution in [2.24, 2.45) is 5.92 Å². The Balaban J connectivity index is 2.05. The van der Waals surface area contributed by atoms with Crippen molar-refractivity contribution in [1.29, 1.82) is 0 Å². The summed E-state index contributed by atoms with van der Waals surface area (Å²) in [5.41, 5.74) is 0.654. The number of anilines is 1. The Labute approximate surface area is 125 Å². The number of halogens is 1. The number of carbonyl (C=O) groups is 2. The minimum absolute atomic E-state index is 0.0676. The van der Waals surface area contributed by atoms with Gasteiger partial charge in [-0.05, 0) is 23.7 Å². The van der Waals surface area contributed by atoms with E-state index in [-0.39, 0.29) is 24.2 Å². The molecular formula is C14H12ClN3O3. The summed E-state index contributed by atoms with van der Waals surface area (Å²) < 4.78 is 4.70. The molecule has 1 unspecified atom stereocenters. The number of hydrogen-bond donors (Lipinski definition) is 0. The van der Waals surface area contributed by atoms with Crippen molar-refractivity contribution in [3.63, 3.8) is 0 Å². The third-order valence-electron chi connectivity index (χ3n) is 3.47. The van der Waals surface area contributed by atoms with Crippen molar-refractivity contribution in [2.45, 2.75) is 6.42 Å². The van der Waals surface area contributed by atoms with Gasteiger partial charge in [0.25, 0.3) is 0 Å². The summed E-state index contributed by atoms with van der Waals surface area (Å²) in [6.45, 7) is 0.239. The lowest BCUT2D eigenvalue weighted by Gasteiger charge is -2.17. The summed E-state index contributed by atoms with van der Waals surface area (Å²) in [4.78, 5) is 33.5. The number of aromatic nitrogens is 2. The fraction of sp³-hybridized carbons (Fsp3) is 0.286. The summed E-state index contributed by atoms with van der Waals surface area (Å²) in [5.74, 6) is -0.613. The standard InChI is InChI=1S/C14H12ClN3O3/c1-21-13(20)8-6-11(19)18(7-8)12-9-4-2-3-5-10(9)16-14(15)17-12/h2-5,8H,6-7H2,1H3. The lowest BCUT2D eigenvalue weighted by molar-refractivity contribution is -0.145. The first-order valence-electron chi connectivity index (χ1n) is 6.40. The Bertz CT molecular complexity index is 734. The Morgan fingerprint density at radius 2 is 2.14 bits per heavy atom. The molecule has 1 aromatic carbocycles. The van der Waals surface area contributed by atoms with Gasteiger partial charge in [-0.1, -0.05) is 12.1 Å². The second-order valence-corrected chi connectivity index (χ2v) is 5.10. The number of benzene rings is 1. The molecule has 0 radical (unpaired) electrons. The van der Waals surface area contributed by atoms with E-state index in [9.17, 15) is 9.59 Å². The number of rotatable bonds is 2. The van der Waals surface area contributed by atoms with Crippen LogP contribution in [0.5, 0.6) is 0 Å². The molecule has 1 atom stereocenters. The molecule has 1 fully saturated rings. The number of ether oxygens (including phenoxy) is 1. The van der Waals surface area contributed by atoms with E-state index in [2.05, 4.69) is 9.97 Å². The largest absolute Gasteiger partial charge is 0.469 e. The van der Waals surface area contributed by atoms with Crippen LogP contribution in [0.15, 0.2) is 24.3 Å². The molecule has 2 aromatic rings. The van der Waals surface area contributed by atoms with Gasteiger partial charge in [-0.2, -0.15) is 4.98 Å². The van der Waals surface area contributed by atoms with E-state index in [1.807, 2.05) is 18.2 Å². The molecular weight excluding hydrogens is 294 g/mol. The average Bonchev–Trinajstić information content (AvgIpc) is 2.87. The smallest absolute Gasteiger partial charge is 0.311 e. The zero-order chi connectivity index (χ0) is 15.0. The van der Waals surface area contributed by atoms with Crippen LogP contribution in [0.2, 0.25) is 5.28 Å². The number of amides is 1. The molecule has 0 spiro atoms. The second-order valence-electron chi connectivity index (χ2n) is 4.76. The molecule has 0 bridgehead atoms. The number of fused-ring (bicyclic) bond motifs is 1. The first-order valence-corrected chi connectivity index (χ1v) is 6.78. The van der Waals surface area contributed by atoms with Crippen LogP contribution in [0.4, 0.5) is 5.82 Å². The number of methoxy groups -OCH3 is 1. The highest BCUT2D eigenvalue weighted by atomic mass is 35.5. The van der Waals surface area contributed by atoms with Crippen molar-refractivity contribution < 1.29 is 14.3 Å². The molecule has 3 rings (SSSR count). The van der Waals surface area contributed by atoms with Crippen molar-refractivity contribution >= 4 is 40.2 Å². The maximum absolute atomic E-state index is 12.2. The molecule has 7 heteroatoms. The van der Waals surface area contributed by atoms with Gasteiger partial charge < -0.3 is 4.74 Å². The topological polar surface area (TPSA) is 72.4 Å². The van der Waals surface area contributed by atoms with Gasteiger partial charge in [0.2, 0.25) is 11.2 Å². The van der Waals surface area contributed by atoms with Gasteiger partial charge in [0.1, 0.15) is 5.82 Å². The van der Waals surface area contributed by atoms with Crippen LogP contribution in [-0.4, -0.2) is 35.5 Å². The van der Waals surface area contributed by atoms with Crippen LogP contribution in [-0.2, 0) is 14.3 Å². The van der Waals surface area contributed by atoms with E-state index in [1.54, 1.807) is 6.07 Å². The Morgan fingerprint density at radius 3 is 2.90 bits per heavy atom. The van der Waals surface area contributed by atoms with Crippen molar-refractivity contribution in [3.8, 4) is 0 Å². The van der Waals surface area contributed by atoms with Crippen LogP contribution in [0.3, 0.4) is 0 Å². The summed E-state index contributed by atoms with van der Waals surface area (Å²) in [5, 5.41) is 0.791. The Kier molecular flexibility index (Phi) is 3.47. The first kappa shape index (κ1) is 13.8. The molecule has 0 aliphatic carbocycles. The third-order valence-corrected chi connectivity index (χ3v) is 3.64. The normalized spacial score (nSPS) is 18.3. The molecule has 0 N–H and O–H groups in total. The zero-order valence-corrected chi connectivity index (χ0v) is 12.0. The molecule has 0 saturated carbocycles. The summed E-state index contributed by atoms with van der Waals surface area (Å²) >= 11 is 5.92. The fourth-order valence-electron chi connectivity index (χ4n) is 2.47. The molecule has 1 saturated heterocycles. The van der Waals surface area contributed by atoms with Gasteiger partial charge >= 0.3 is 5.97 Å². The van der Waals surface area contributed by atoms with Gasteiger partial charge in [0.15, 0.2) is 0 Å². The molecule has 1 aliphatic heterocycles. The molecule has 1 aliphatic rings. The van der Waals surface area contributed by atoms with Gasteiger partial charge in [-0.3, -0.25) is 14.5 Å². The maximum atomic E-state index is 12.2. The SMILES string of the molecule is COC(=O)C1CC(=O)N(c2nc(Cl)nc3ccccc23)C1. The highest BCUT2D eigenvalue weighted by molar-refractivity contribution is 6.29. The van der Waals surface area contributed by atoms with E-state index < -0.39 is 11.9 Å². The van der Waals surface area contributed by atoms with Crippen LogP contribution in [0.25, 0.3) is 10.9 Å². The number of para-hydroxylation sites is 1. The van der Waals surface area contributed by atoms with Gasteiger partial charge in [0.05, 0.1) is 18.5 Å². The van der Waals surface area contributed by atoms with Crippen molar-refractivity contribution in [3.05, 3.63) is 29.5 Å². The van der Waals surface area contributed by atoms with E-state index in [1.165, 1.54) is 12.0 Å². The van der Waals surface area contributed by atoms with Gasteiger partial charge in [-0.15, -0.1) is 0 Å². The molecule has 6 nitrogen and oxygen atoms in total. The molecule has 2 heterocycles. The zero-order valence-electron chi connectivity index (χ0n) is 11.2. The lowest BCUT2D eigenvalue weighted by atomic mass is 10.1. The molecule has 108 valence electrons. The summed E-state index contributed by atoms with van der Waals surface area (Å²) in [6.07, 6.45) is 0.114. The molecule has 21 heavy (non-hydrogen) atoms. The van der Waals surface area contributed by atoms with E-state index in [4.69, 9.17) is 16.3 Å². The fourth-order valence-corrected chi connectivity index (χ4v) is 2.65. The number of nitrogens with zero attached hydrogens (tertiary/aromatic N) is 3. The quantitative estimate of drug-likeness (QED) is 0.625. The Morgan fingerprint density at radius 1 is 1.38 bits per heavy atom. The van der Waals surface area contributed by atoms with Crippen LogP contribution < -0.4 is 4.90 Å². The molecule has 1 amide bonds. The highest BCUT2D eigenvalue weighted by Crippen LogP contribution is 2.30. The van der Waals surface area contributed by atoms with Crippen LogP contribution in [0.1, 0.15) is 6.42 Å². The maximum Gasteiger partial charge on any atom is 0.311 e. The first-order chi connectivity index (χ1) is 10.1. The van der Waals surface area contributed by atoms with Gasteiger partial charge in [0, 0.05) is 18.4 Å². The number of carbonyl (C=O) groups excluding carboxylic acids is 2. The monoisotopic (exact) mass is 305 g/mol. The molecule has 1 aromatic heterocycles. The lowest BCUT2D eigenvalue weighted by Crippen LogP contribution is -2.27. The number of esters is 1. The minimum Gasteiger partial charge on any atom is -0.469 e. The van der Waals surface area contributed by atoms with E-state index in [0.717, 1.165) is 5.39 Å². The van der Waals surface area contributed by atoms with E-state index in [0.29, 0.717) is 11.3 Å². The summed E-state index contributed by atoms with van der Waals surface area (Å²) in [6, 6.07) is 7.28. The van der Waals surface area contributed by atoms with E-state index >= 15 is 0 Å². The van der Waals surface area contributed by atoms with Gasteiger partial charge in [-0.25, -0.2) is 4.98 Å². The number of hydrogen-bond acceptors (Lipinski definition) is 5. The third kappa shape index (κ3) is 2.42. The summed E-state index contributed by atoms with van der Waals surface area (Å²) in [7, 11) is 1.31. The van der Waals surface area contributed by atoms with Crippen LogP contribution >= 0.6 is 11.6 Å². The average molecular weight is 306 g/mol. The predicted octanol–water partition coefficient (Wildman–Crippen LogP) is 1.81. The second kappa shape index (κ2) is 5.29.